The molecule has 4 nitrogen and oxygen atoms in total. The van der Waals surface area contributed by atoms with Crippen LogP contribution in [0.5, 0.6) is 0 Å². The number of carbonyl (C=O) groups excluding carboxylic acids is 1. The molecule has 2 rings (SSSR count). The summed E-state index contributed by atoms with van der Waals surface area (Å²) >= 11 is 1.48. The summed E-state index contributed by atoms with van der Waals surface area (Å²) in [6.07, 6.45) is 0. The maximum atomic E-state index is 12.4. The molecule has 132 valence electrons. The Morgan fingerprint density at radius 1 is 1.17 bits per heavy atom. The zero-order valence-corrected chi connectivity index (χ0v) is 16.0. The molecule has 0 aliphatic rings. The van der Waals surface area contributed by atoms with E-state index in [0.29, 0.717) is 17.2 Å². The SMILES string of the molecule is CCOC(=O)c1c(N)sc(CN(CC)CC)c1-c1ccccc1.Cl. The first-order valence-corrected chi connectivity index (χ1v) is 8.79. The van der Waals surface area contributed by atoms with Crippen molar-refractivity contribution in [1.29, 1.82) is 0 Å². The Balaban J connectivity index is 0.00000288. The highest BCUT2D eigenvalue weighted by molar-refractivity contribution is 7.17. The van der Waals surface area contributed by atoms with E-state index in [1.54, 1.807) is 6.92 Å². The number of thiophene rings is 1. The van der Waals surface area contributed by atoms with Gasteiger partial charge in [-0.1, -0.05) is 44.2 Å². The molecular formula is C18H25ClN2O2S. The molecule has 0 spiro atoms. The summed E-state index contributed by atoms with van der Waals surface area (Å²) in [5.41, 5.74) is 8.59. The van der Waals surface area contributed by atoms with Crippen molar-refractivity contribution in [2.75, 3.05) is 25.4 Å². The molecule has 1 aromatic heterocycles. The lowest BCUT2D eigenvalue weighted by molar-refractivity contribution is 0.0529. The number of rotatable bonds is 7. The van der Waals surface area contributed by atoms with Crippen LogP contribution in [0.4, 0.5) is 5.00 Å². The average Bonchev–Trinajstić information content (AvgIpc) is 2.89. The van der Waals surface area contributed by atoms with Gasteiger partial charge in [-0.3, -0.25) is 4.90 Å². The minimum absolute atomic E-state index is 0. The van der Waals surface area contributed by atoms with Crippen molar-refractivity contribution >= 4 is 34.7 Å². The van der Waals surface area contributed by atoms with E-state index in [1.807, 2.05) is 30.3 Å². The molecule has 0 saturated heterocycles. The minimum Gasteiger partial charge on any atom is -0.462 e. The van der Waals surface area contributed by atoms with Crippen LogP contribution in [0.1, 0.15) is 36.0 Å². The number of esters is 1. The van der Waals surface area contributed by atoms with Gasteiger partial charge in [0.25, 0.3) is 0 Å². The molecule has 0 saturated carbocycles. The molecule has 0 aliphatic heterocycles. The standard InChI is InChI=1S/C18H24N2O2S.ClH/c1-4-20(5-2)12-14-15(13-10-8-7-9-11-13)16(17(19)23-14)18(21)22-6-3;/h7-11H,4-6,12,19H2,1-3H3;1H. The Morgan fingerprint density at radius 2 is 1.79 bits per heavy atom. The van der Waals surface area contributed by atoms with Crippen LogP contribution >= 0.6 is 23.7 Å². The molecule has 0 aliphatic carbocycles. The lowest BCUT2D eigenvalue weighted by Crippen LogP contribution is -2.22. The van der Waals surface area contributed by atoms with Gasteiger partial charge in [-0.15, -0.1) is 23.7 Å². The Labute approximate surface area is 154 Å². The van der Waals surface area contributed by atoms with Crippen molar-refractivity contribution in [2.45, 2.75) is 27.3 Å². The van der Waals surface area contributed by atoms with Crippen molar-refractivity contribution in [3.05, 3.63) is 40.8 Å². The molecule has 24 heavy (non-hydrogen) atoms. The second-order valence-corrected chi connectivity index (χ2v) is 6.32. The molecule has 2 N–H and O–H groups in total. The normalized spacial score (nSPS) is 10.5. The molecule has 0 radical (unpaired) electrons. The van der Waals surface area contributed by atoms with E-state index in [9.17, 15) is 4.79 Å². The molecule has 6 heteroatoms. The Kier molecular flexibility index (Phi) is 8.25. The van der Waals surface area contributed by atoms with E-state index in [0.717, 1.165) is 35.6 Å². The van der Waals surface area contributed by atoms with E-state index in [-0.39, 0.29) is 18.4 Å². The van der Waals surface area contributed by atoms with Gasteiger partial charge in [0.05, 0.1) is 6.61 Å². The number of benzene rings is 1. The number of carbonyl (C=O) groups is 1. The van der Waals surface area contributed by atoms with Gasteiger partial charge in [0.15, 0.2) is 0 Å². The summed E-state index contributed by atoms with van der Waals surface area (Å²) < 4.78 is 5.22. The fraction of sp³-hybridized carbons (Fsp3) is 0.389. The number of nitrogens with two attached hydrogens (primary N) is 1. The Morgan fingerprint density at radius 3 is 2.33 bits per heavy atom. The zero-order chi connectivity index (χ0) is 16.8. The summed E-state index contributed by atoms with van der Waals surface area (Å²) in [6, 6.07) is 9.93. The number of nitrogen functional groups attached to an aromatic ring is 1. The van der Waals surface area contributed by atoms with E-state index in [4.69, 9.17) is 10.5 Å². The number of anilines is 1. The quantitative estimate of drug-likeness (QED) is 0.734. The molecular weight excluding hydrogens is 344 g/mol. The molecule has 1 heterocycles. The van der Waals surface area contributed by atoms with Crippen LogP contribution in [0.2, 0.25) is 0 Å². The van der Waals surface area contributed by atoms with Crippen LogP contribution in [0.15, 0.2) is 30.3 Å². The van der Waals surface area contributed by atoms with E-state index in [1.165, 1.54) is 11.3 Å². The van der Waals surface area contributed by atoms with Crippen LogP contribution in [-0.4, -0.2) is 30.6 Å². The highest BCUT2D eigenvalue weighted by Crippen LogP contribution is 2.39. The summed E-state index contributed by atoms with van der Waals surface area (Å²) in [7, 11) is 0. The first kappa shape index (κ1) is 20.5. The third-order valence-corrected chi connectivity index (χ3v) is 4.82. The molecule has 0 unspecified atom stereocenters. The van der Waals surface area contributed by atoms with Crippen LogP contribution < -0.4 is 5.73 Å². The monoisotopic (exact) mass is 368 g/mol. The second kappa shape index (κ2) is 9.67. The molecule has 0 bridgehead atoms. The topological polar surface area (TPSA) is 55.6 Å². The van der Waals surface area contributed by atoms with Crippen molar-refractivity contribution in [3.63, 3.8) is 0 Å². The van der Waals surface area contributed by atoms with Crippen LogP contribution in [0.25, 0.3) is 11.1 Å². The number of ether oxygens (including phenoxy) is 1. The highest BCUT2D eigenvalue weighted by Gasteiger charge is 2.25. The molecule has 2 aromatic rings. The van der Waals surface area contributed by atoms with Crippen molar-refractivity contribution in [2.24, 2.45) is 0 Å². The fourth-order valence-electron chi connectivity index (χ4n) is 2.58. The Hall–Kier alpha value is -1.56. The predicted octanol–water partition coefficient (Wildman–Crippen LogP) is 4.44. The van der Waals surface area contributed by atoms with Gasteiger partial charge in [0.2, 0.25) is 0 Å². The van der Waals surface area contributed by atoms with Crippen LogP contribution in [-0.2, 0) is 11.3 Å². The largest absolute Gasteiger partial charge is 0.462 e. The lowest BCUT2D eigenvalue weighted by atomic mass is 10.0. The zero-order valence-electron chi connectivity index (χ0n) is 14.4. The summed E-state index contributed by atoms with van der Waals surface area (Å²) in [5.74, 6) is -0.342. The van der Waals surface area contributed by atoms with Crippen molar-refractivity contribution < 1.29 is 9.53 Å². The van der Waals surface area contributed by atoms with Gasteiger partial charge in [0.1, 0.15) is 10.6 Å². The minimum atomic E-state index is -0.342. The van der Waals surface area contributed by atoms with E-state index < -0.39 is 0 Å². The smallest absolute Gasteiger partial charge is 0.341 e. The summed E-state index contributed by atoms with van der Waals surface area (Å²) in [6.45, 7) is 9.11. The van der Waals surface area contributed by atoms with Crippen molar-refractivity contribution in [3.8, 4) is 11.1 Å². The summed E-state index contributed by atoms with van der Waals surface area (Å²) in [4.78, 5) is 15.8. The van der Waals surface area contributed by atoms with Gasteiger partial charge in [-0.25, -0.2) is 4.79 Å². The number of hydrogen-bond acceptors (Lipinski definition) is 5. The molecule has 0 atom stereocenters. The van der Waals surface area contributed by atoms with Gasteiger partial charge < -0.3 is 10.5 Å². The maximum Gasteiger partial charge on any atom is 0.341 e. The van der Waals surface area contributed by atoms with Crippen LogP contribution in [0.3, 0.4) is 0 Å². The number of hydrogen-bond donors (Lipinski definition) is 1. The highest BCUT2D eigenvalue weighted by atomic mass is 35.5. The first-order valence-electron chi connectivity index (χ1n) is 7.98. The molecule has 0 amide bonds. The third-order valence-electron chi connectivity index (χ3n) is 3.81. The van der Waals surface area contributed by atoms with Gasteiger partial charge in [0, 0.05) is 17.0 Å². The number of halogens is 1. The van der Waals surface area contributed by atoms with Gasteiger partial charge >= 0.3 is 5.97 Å². The predicted molar refractivity (Wildman–Crippen MR) is 104 cm³/mol. The average molecular weight is 369 g/mol. The molecule has 0 fully saturated rings. The van der Waals surface area contributed by atoms with E-state index in [2.05, 4.69) is 18.7 Å². The van der Waals surface area contributed by atoms with E-state index >= 15 is 0 Å². The Bertz CT molecular complexity index is 655. The lowest BCUT2D eigenvalue weighted by Gasteiger charge is -2.18. The fourth-order valence-corrected chi connectivity index (χ4v) is 3.70. The molecule has 1 aromatic carbocycles. The van der Waals surface area contributed by atoms with Gasteiger partial charge in [-0.2, -0.15) is 0 Å². The summed E-state index contributed by atoms with van der Waals surface area (Å²) in [5, 5.41) is 0.532. The van der Waals surface area contributed by atoms with Crippen LogP contribution in [0, 0.1) is 0 Å². The number of nitrogens with zero attached hydrogens (tertiary/aromatic N) is 1. The van der Waals surface area contributed by atoms with Crippen molar-refractivity contribution in [1.82, 2.24) is 4.90 Å². The van der Waals surface area contributed by atoms with Gasteiger partial charge in [-0.05, 0) is 25.6 Å². The first-order chi connectivity index (χ1) is 11.1. The third kappa shape index (κ3) is 4.50. The maximum absolute atomic E-state index is 12.4. The second-order valence-electron chi connectivity index (χ2n) is 5.19.